The minimum Gasteiger partial charge on any atom is -0.393 e. The molecule has 2 heterocycles. The van der Waals surface area contributed by atoms with E-state index in [9.17, 15) is 0 Å². The van der Waals surface area contributed by atoms with Crippen molar-refractivity contribution in [3.05, 3.63) is 30.1 Å². The SMILES string of the molecule is NC(=S)Cc1nc2ccccc2n1C1CCOC1. The number of nitrogens with two attached hydrogens (primary N) is 1. The normalized spacial score (nSPS) is 19.4. The van der Waals surface area contributed by atoms with Gasteiger partial charge in [-0.2, -0.15) is 0 Å². The second-order valence-corrected chi connectivity index (χ2v) is 5.07. The molecule has 2 aromatic rings. The number of fused-ring (bicyclic) bond motifs is 1. The van der Waals surface area contributed by atoms with E-state index >= 15 is 0 Å². The molecule has 0 saturated carbocycles. The van der Waals surface area contributed by atoms with Crippen molar-refractivity contribution in [2.45, 2.75) is 18.9 Å². The van der Waals surface area contributed by atoms with Gasteiger partial charge in [0, 0.05) is 6.61 Å². The maximum Gasteiger partial charge on any atom is 0.117 e. The van der Waals surface area contributed by atoms with Crippen LogP contribution in [0.4, 0.5) is 0 Å². The van der Waals surface area contributed by atoms with Crippen molar-refractivity contribution < 1.29 is 4.74 Å². The summed E-state index contributed by atoms with van der Waals surface area (Å²) in [6.45, 7) is 1.55. The average Bonchev–Trinajstić information content (AvgIpc) is 2.93. The van der Waals surface area contributed by atoms with Crippen molar-refractivity contribution in [1.82, 2.24) is 9.55 Å². The lowest BCUT2D eigenvalue weighted by Crippen LogP contribution is -2.18. The molecule has 0 spiro atoms. The number of hydrogen-bond donors (Lipinski definition) is 1. The number of benzene rings is 1. The van der Waals surface area contributed by atoms with E-state index < -0.39 is 0 Å². The van der Waals surface area contributed by atoms with Crippen LogP contribution in [0.1, 0.15) is 18.3 Å². The molecule has 5 heteroatoms. The lowest BCUT2D eigenvalue weighted by Gasteiger charge is -2.14. The molecular formula is C13H15N3OS. The van der Waals surface area contributed by atoms with Crippen LogP contribution < -0.4 is 5.73 Å². The Bertz CT molecular complexity index is 587. The fourth-order valence-corrected chi connectivity index (χ4v) is 2.64. The second-order valence-electron chi connectivity index (χ2n) is 4.55. The molecule has 94 valence electrons. The first kappa shape index (κ1) is 11.6. The Kier molecular flexibility index (Phi) is 3.01. The lowest BCUT2D eigenvalue weighted by molar-refractivity contribution is 0.187. The van der Waals surface area contributed by atoms with Gasteiger partial charge in [-0.25, -0.2) is 4.98 Å². The molecule has 1 aromatic carbocycles. The highest BCUT2D eigenvalue weighted by molar-refractivity contribution is 7.80. The Labute approximate surface area is 111 Å². The van der Waals surface area contributed by atoms with Crippen LogP contribution in [0.3, 0.4) is 0 Å². The molecule has 1 atom stereocenters. The zero-order valence-corrected chi connectivity index (χ0v) is 10.8. The van der Waals surface area contributed by atoms with E-state index in [1.165, 1.54) is 0 Å². The quantitative estimate of drug-likeness (QED) is 0.856. The number of rotatable bonds is 3. The maximum absolute atomic E-state index is 5.66. The lowest BCUT2D eigenvalue weighted by atomic mass is 10.2. The van der Waals surface area contributed by atoms with E-state index in [-0.39, 0.29) is 0 Å². The molecule has 4 nitrogen and oxygen atoms in total. The topological polar surface area (TPSA) is 53.1 Å². The summed E-state index contributed by atoms with van der Waals surface area (Å²) in [5.41, 5.74) is 7.79. The molecule has 1 saturated heterocycles. The van der Waals surface area contributed by atoms with E-state index in [1.54, 1.807) is 0 Å². The number of para-hydroxylation sites is 2. The van der Waals surface area contributed by atoms with E-state index in [0.717, 1.165) is 36.5 Å². The number of hydrogen-bond acceptors (Lipinski definition) is 3. The molecule has 1 unspecified atom stereocenters. The zero-order valence-electron chi connectivity index (χ0n) is 10.0. The van der Waals surface area contributed by atoms with Crippen LogP contribution in [0.15, 0.2) is 24.3 Å². The summed E-state index contributed by atoms with van der Waals surface area (Å²) < 4.78 is 7.71. The number of imidazole rings is 1. The third-order valence-electron chi connectivity index (χ3n) is 3.27. The smallest absolute Gasteiger partial charge is 0.117 e. The molecule has 3 rings (SSSR count). The van der Waals surface area contributed by atoms with Gasteiger partial charge in [0.1, 0.15) is 5.82 Å². The summed E-state index contributed by atoms with van der Waals surface area (Å²) in [6.07, 6.45) is 1.56. The van der Waals surface area contributed by atoms with Crippen molar-refractivity contribution in [2.24, 2.45) is 5.73 Å². The van der Waals surface area contributed by atoms with Gasteiger partial charge in [0.15, 0.2) is 0 Å². The fraction of sp³-hybridized carbons (Fsp3) is 0.385. The predicted octanol–water partition coefficient (Wildman–Crippen LogP) is 1.83. The monoisotopic (exact) mass is 261 g/mol. The Morgan fingerprint density at radius 2 is 2.33 bits per heavy atom. The average molecular weight is 261 g/mol. The summed E-state index contributed by atoms with van der Waals surface area (Å²) in [7, 11) is 0. The summed E-state index contributed by atoms with van der Waals surface area (Å²) >= 11 is 5.01. The number of ether oxygens (including phenoxy) is 1. The van der Waals surface area contributed by atoms with Gasteiger partial charge in [-0.1, -0.05) is 24.4 Å². The molecule has 1 aromatic heterocycles. The first-order valence-electron chi connectivity index (χ1n) is 6.07. The molecule has 0 aliphatic carbocycles. The molecule has 18 heavy (non-hydrogen) atoms. The Hall–Kier alpha value is -1.46. The standard InChI is InChI=1S/C13H15N3OS/c14-12(18)7-13-15-10-3-1-2-4-11(10)16(13)9-5-6-17-8-9/h1-4,9H,5-8H2,(H2,14,18). The molecule has 0 radical (unpaired) electrons. The van der Waals surface area contributed by atoms with Gasteiger partial charge in [0.2, 0.25) is 0 Å². The zero-order chi connectivity index (χ0) is 12.5. The van der Waals surface area contributed by atoms with Gasteiger partial charge in [0.25, 0.3) is 0 Å². The third-order valence-corrected chi connectivity index (χ3v) is 3.42. The fourth-order valence-electron chi connectivity index (χ4n) is 2.51. The van der Waals surface area contributed by atoms with Gasteiger partial charge in [-0.3, -0.25) is 0 Å². The molecule has 1 aliphatic rings. The molecular weight excluding hydrogens is 246 g/mol. The van der Waals surface area contributed by atoms with Crippen molar-refractivity contribution in [2.75, 3.05) is 13.2 Å². The van der Waals surface area contributed by atoms with Gasteiger partial charge in [-0.05, 0) is 18.6 Å². The van der Waals surface area contributed by atoms with E-state index in [2.05, 4.69) is 15.6 Å². The van der Waals surface area contributed by atoms with Crippen LogP contribution in [0.5, 0.6) is 0 Å². The molecule has 0 amide bonds. The number of nitrogens with zero attached hydrogens (tertiary/aromatic N) is 2. The minimum absolute atomic E-state index is 0.349. The first-order chi connectivity index (χ1) is 8.75. The van der Waals surface area contributed by atoms with Crippen molar-refractivity contribution in [3.63, 3.8) is 0 Å². The van der Waals surface area contributed by atoms with E-state index in [0.29, 0.717) is 17.5 Å². The number of thiocarbonyl (C=S) groups is 1. The minimum atomic E-state index is 0.349. The van der Waals surface area contributed by atoms with Crippen LogP contribution >= 0.6 is 12.2 Å². The third kappa shape index (κ3) is 2.00. The second kappa shape index (κ2) is 4.66. The molecule has 0 bridgehead atoms. The van der Waals surface area contributed by atoms with Gasteiger partial charge in [-0.15, -0.1) is 0 Å². The number of aromatic nitrogens is 2. The van der Waals surface area contributed by atoms with E-state index in [4.69, 9.17) is 22.7 Å². The predicted molar refractivity (Wildman–Crippen MR) is 74.7 cm³/mol. The van der Waals surface area contributed by atoms with E-state index in [1.807, 2.05) is 18.2 Å². The highest BCUT2D eigenvalue weighted by atomic mass is 32.1. The maximum atomic E-state index is 5.66. The van der Waals surface area contributed by atoms with Crippen molar-refractivity contribution in [1.29, 1.82) is 0 Å². The van der Waals surface area contributed by atoms with Crippen LogP contribution in [0, 0.1) is 0 Å². The highest BCUT2D eigenvalue weighted by Crippen LogP contribution is 2.26. The Balaban J connectivity index is 2.13. The van der Waals surface area contributed by atoms with Crippen LogP contribution in [-0.2, 0) is 11.2 Å². The summed E-state index contributed by atoms with van der Waals surface area (Å²) in [5, 5.41) is 0. The van der Waals surface area contributed by atoms with Crippen LogP contribution in [0.25, 0.3) is 11.0 Å². The van der Waals surface area contributed by atoms with Crippen LogP contribution in [-0.4, -0.2) is 27.8 Å². The van der Waals surface area contributed by atoms with Gasteiger partial charge < -0.3 is 15.0 Å². The molecule has 1 aliphatic heterocycles. The highest BCUT2D eigenvalue weighted by Gasteiger charge is 2.23. The van der Waals surface area contributed by atoms with Gasteiger partial charge >= 0.3 is 0 Å². The largest absolute Gasteiger partial charge is 0.393 e. The van der Waals surface area contributed by atoms with Crippen molar-refractivity contribution in [3.8, 4) is 0 Å². The Morgan fingerprint density at radius 1 is 1.50 bits per heavy atom. The molecule has 2 N–H and O–H groups in total. The van der Waals surface area contributed by atoms with Crippen molar-refractivity contribution >= 4 is 28.2 Å². The Morgan fingerprint density at radius 3 is 3.06 bits per heavy atom. The summed E-state index contributed by atoms with van der Waals surface area (Å²) in [4.78, 5) is 5.11. The van der Waals surface area contributed by atoms with Crippen LogP contribution in [0.2, 0.25) is 0 Å². The summed E-state index contributed by atoms with van der Waals surface area (Å²) in [5.74, 6) is 0.944. The summed E-state index contributed by atoms with van der Waals surface area (Å²) in [6, 6.07) is 8.48. The first-order valence-corrected chi connectivity index (χ1v) is 6.48. The van der Waals surface area contributed by atoms with Gasteiger partial charge in [0.05, 0.1) is 35.1 Å². The molecule has 1 fully saturated rings.